The van der Waals surface area contributed by atoms with Crippen molar-refractivity contribution in [1.82, 2.24) is 0 Å². The van der Waals surface area contributed by atoms with Gasteiger partial charge in [-0.05, 0) is 117 Å². The minimum atomic E-state index is -0.134. The molecule has 0 bridgehead atoms. The van der Waals surface area contributed by atoms with Gasteiger partial charge in [0.1, 0.15) is 12.4 Å². The highest BCUT2D eigenvalue weighted by atomic mass is 16.5. The topological polar surface area (TPSA) is 43.4 Å². The van der Waals surface area contributed by atoms with E-state index < -0.39 is 0 Å². The largest absolute Gasteiger partial charge is 0.462 e. The van der Waals surface area contributed by atoms with E-state index in [4.69, 9.17) is 4.74 Å². The van der Waals surface area contributed by atoms with Crippen molar-refractivity contribution in [2.24, 2.45) is 56.7 Å². The number of rotatable bonds is 3. The molecule has 0 aromatic rings. The van der Waals surface area contributed by atoms with Gasteiger partial charge < -0.3 is 9.53 Å². The SMILES string of the molecule is C=C(C)C1CC[C@]2(C=O)CC[C@@]3(C)C(CCC4[C@@]5(C)CC[C@H](OC(C)=O)C(C)(C)C5CC[C@]43C)C12. The van der Waals surface area contributed by atoms with Crippen LogP contribution in [0.25, 0.3) is 0 Å². The van der Waals surface area contributed by atoms with Crippen LogP contribution in [0, 0.1) is 56.7 Å². The van der Waals surface area contributed by atoms with E-state index in [1.807, 2.05) is 0 Å². The van der Waals surface area contributed by atoms with Crippen molar-refractivity contribution < 1.29 is 14.3 Å². The van der Waals surface area contributed by atoms with Crippen LogP contribution in [0.5, 0.6) is 0 Å². The number of aldehydes is 1. The third kappa shape index (κ3) is 3.21. The van der Waals surface area contributed by atoms with Crippen molar-refractivity contribution in [3.05, 3.63) is 12.2 Å². The molecule has 0 N–H and O–H groups in total. The van der Waals surface area contributed by atoms with Gasteiger partial charge in [0, 0.05) is 17.8 Å². The van der Waals surface area contributed by atoms with Crippen LogP contribution in [-0.2, 0) is 14.3 Å². The van der Waals surface area contributed by atoms with E-state index in [2.05, 4.69) is 48.1 Å². The predicted octanol–water partition coefficient (Wildman–Crippen LogP) is 7.77. The van der Waals surface area contributed by atoms with Gasteiger partial charge in [-0.3, -0.25) is 4.79 Å². The summed E-state index contributed by atoms with van der Waals surface area (Å²) >= 11 is 0. The van der Waals surface area contributed by atoms with Gasteiger partial charge in [0.05, 0.1) is 0 Å². The normalized spacial score (nSPS) is 52.3. The minimum Gasteiger partial charge on any atom is -0.462 e. The zero-order chi connectivity index (χ0) is 25.6. The predicted molar refractivity (Wildman–Crippen MR) is 141 cm³/mol. The van der Waals surface area contributed by atoms with Crippen LogP contribution in [0.3, 0.4) is 0 Å². The van der Waals surface area contributed by atoms with E-state index in [-0.39, 0.29) is 33.7 Å². The summed E-state index contributed by atoms with van der Waals surface area (Å²) in [6, 6.07) is 0. The van der Waals surface area contributed by atoms with E-state index in [0.717, 1.165) is 32.1 Å². The van der Waals surface area contributed by atoms with Gasteiger partial charge in [-0.2, -0.15) is 0 Å². The van der Waals surface area contributed by atoms with Crippen molar-refractivity contribution in [1.29, 1.82) is 0 Å². The van der Waals surface area contributed by atoms with Crippen molar-refractivity contribution in [3.63, 3.8) is 0 Å². The standard InChI is InChI=1S/C32H50O3/c1-20(2)22-11-16-32(19-33)18-17-30(7)23(27(22)32)9-10-25-29(6)14-13-26(35-21(3)34)28(4,5)24(29)12-15-31(25,30)8/h19,22-27H,1,9-18H2,2-8H3/t22?,23?,24?,25?,26-,27?,29-,30-,31+,32+/m0/s1. The first-order chi connectivity index (χ1) is 16.3. The lowest BCUT2D eigenvalue weighted by Gasteiger charge is -2.72. The second-order valence-electron chi connectivity index (χ2n) is 15.0. The molecule has 196 valence electrons. The van der Waals surface area contributed by atoms with Gasteiger partial charge in [-0.1, -0.05) is 46.8 Å². The highest BCUT2D eigenvalue weighted by Crippen LogP contribution is 2.77. The number of carbonyl (C=O) groups excluding carboxylic acids is 2. The fraction of sp³-hybridized carbons (Fsp3) is 0.875. The maximum atomic E-state index is 12.6. The Hall–Kier alpha value is -1.12. The Morgan fingerprint density at radius 2 is 1.54 bits per heavy atom. The zero-order valence-corrected chi connectivity index (χ0v) is 23.5. The molecule has 3 nitrogen and oxygen atoms in total. The fourth-order valence-corrected chi connectivity index (χ4v) is 11.8. The lowest BCUT2D eigenvalue weighted by Crippen LogP contribution is -2.66. The molecule has 10 atom stereocenters. The Bertz CT molecular complexity index is 920. The quantitative estimate of drug-likeness (QED) is 0.234. The van der Waals surface area contributed by atoms with Crippen LogP contribution < -0.4 is 0 Å². The van der Waals surface area contributed by atoms with Crippen molar-refractivity contribution in [3.8, 4) is 0 Å². The van der Waals surface area contributed by atoms with Gasteiger partial charge in [-0.15, -0.1) is 0 Å². The van der Waals surface area contributed by atoms with Crippen LogP contribution in [0.1, 0.15) is 113 Å². The Morgan fingerprint density at radius 3 is 2.17 bits per heavy atom. The molecule has 5 aliphatic carbocycles. The number of ether oxygens (including phenoxy) is 1. The second kappa shape index (κ2) is 7.94. The summed E-state index contributed by atoms with van der Waals surface area (Å²) < 4.78 is 5.89. The van der Waals surface area contributed by atoms with Gasteiger partial charge in [0.15, 0.2) is 0 Å². The number of carbonyl (C=O) groups is 2. The first-order valence-electron chi connectivity index (χ1n) is 14.6. The molecule has 35 heavy (non-hydrogen) atoms. The molecule has 0 aliphatic heterocycles. The molecule has 0 saturated heterocycles. The lowest BCUT2D eigenvalue weighted by molar-refractivity contribution is -0.247. The summed E-state index contributed by atoms with van der Waals surface area (Å²) in [6.07, 6.45) is 13.1. The average Bonchev–Trinajstić information content (AvgIpc) is 3.16. The molecule has 0 spiro atoms. The molecule has 5 fully saturated rings. The Morgan fingerprint density at radius 1 is 0.829 bits per heavy atom. The average molecular weight is 483 g/mol. The number of esters is 1. The van der Waals surface area contributed by atoms with E-state index in [9.17, 15) is 9.59 Å². The first kappa shape index (κ1) is 25.5. The number of hydrogen-bond acceptors (Lipinski definition) is 3. The molecule has 0 heterocycles. The number of allylic oxidation sites excluding steroid dienone is 1. The van der Waals surface area contributed by atoms with Crippen LogP contribution >= 0.6 is 0 Å². The minimum absolute atomic E-state index is 0.00743. The fourth-order valence-electron chi connectivity index (χ4n) is 11.8. The Labute approximate surface area is 214 Å². The van der Waals surface area contributed by atoms with Crippen LogP contribution in [0.2, 0.25) is 0 Å². The van der Waals surface area contributed by atoms with Crippen LogP contribution in [-0.4, -0.2) is 18.4 Å². The summed E-state index contributed by atoms with van der Waals surface area (Å²) in [5.41, 5.74) is 2.05. The van der Waals surface area contributed by atoms with Gasteiger partial charge in [0.2, 0.25) is 0 Å². The van der Waals surface area contributed by atoms with Gasteiger partial charge in [0.25, 0.3) is 0 Å². The molecule has 5 unspecified atom stereocenters. The molecular formula is C32H50O3. The molecule has 3 heteroatoms. The van der Waals surface area contributed by atoms with E-state index >= 15 is 0 Å². The number of hydrogen-bond donors (Lipinski definition) is 0. The lowest BCUT2D eigenvalue weighted by atomic mass is 9.32. The Kier molecular flexibility index (Phi) is 5.79. The van der Waals surface area contributed by atoms with E-state index in [1.165, 1.54) is 44.0 Å². The van der Waals surface area contributed by atoms with Gasteiger partial charge in [-0.25, -0.2) is 0 Å². The smallest absolute Gasteiger partial charge is 0.302 e. The van der Waals surface area contributed by atoms with Gasteiger partial charge >= 0.3 is 5.97 Å². The number of fused-ring (bicyclic) bond motifs is 7. The zero-order valence-electron chi connectivity index (χ0n) is 23.5. The molecular weight excluding hydrogens is 432 g/mol. The first-order valence-corrected chi connectivity index (χ1v) is 14.6. The third-order valence-electron chi connectivity index (χ3n) is 13.6. The van der Waals surface area contributed by atoms with Crippen LogP contribution in [0.15, 0.2) is 12.2 Å². The summed E-state index contributed by atoms with van der Waals surface area (Å²) in [6.45, 7) is 20.8. The van der Waals surface area contributed by atoms with Crippen molar-refractivity contribution in [2.45, 2.75) is 119 Å². The summed E-state index contributed by atoms with van der Waals surface area (Å²) in [4.78, 5) is 24.5. The van der Waals surface area contributed by atoms with Crippen molar-refractivity contribution >= 4 is 12.3 Å². The maximum Gasteiger partial charge on any atom is 0.302 e. The molecule has 0 amide bonds. The van der Waals surface area contributed by atoms with E-state index in [1.54, 1.807) is 6.92 Å². The monoisotopic (exact) mass is 482 g/mol. The van der Waals surface area contributed by atoms with Crippen molar-refractivity contribution in [2.75, 3.05) is 0 Å². The summed E-state index contributed by atoms with van der Waals surface area (Å²) in [7, 11) is 0. The van der Waals surface area contributed by atoms with Crippen LogP contribution in [0.4, 0.5) is 0 Å². The summed E-state index contributed by atoms with van der Waals surface area (Å²) in [5, 5.41) is 0. The second-order valence-corrected chi connectivity index (χ2v) is 15.0. The molecule has 0 aromatic heterocycles. The molecule has 5 rings (SSSR count). The molecule has 0 radical (unpaired) electrons. The molecule has 5 saturated carbocycles. The third-order valence-corrected chi connectivity index (χ3v) is 13.6. The highest BCUT2D eigenvalue weighted by Gasteiger charge is 2.71. The van der Waals surface area contributed by atoms with E-state index in [0.29, 0.717) is 35.0 Å². The molecule has 5 aliphatic rings. The summed E-state index contributed by atoms with van der Waals surface area (Å²) in [5.74, 6) is 2.76. The maximum absolute atomic E-state index is 12.6. The highest BCUT2D eigenvalue weighted by molar-refractivity contribution is 5.66. The molecule has 0 aromatic carbocycles. The Balaban J connectivity index is 1.51.